The number of benzene rings is 2. The van der Waals surface area contributed by atoms with Crippen molar-refractivity contribution in [2.45, 2.75) is 39.0 Å². The fourth-order valence-electron chi connectivity index (χ4n) is 2.57. The molecule has 4 heteroatoms. The molecular weight excluding hydrogens is 314 g/mol. The van der Waals surface area contributed by atoms with E-state index in [2.05, 4.69) is 38.2 Å². The Morgan fingerprint density at radius 1 is 0.960 bits per heavy atom. The molecular formula is C21H27NO3. The zero-order valence-corrected chi connectivity index (χ0v) is 15.7. The highest BCUT2D eigenvalue weighted by atomic mass is 16.5. The Balaban J connectivity index is 1.92. The molecule has 0 aromatic heterocycles. The molecule has 0 saturated carbocycles. The fraction of sp³-hybridized carbons (Fsp3) is 0.381. The highest BCUT2D eigenvalue weighted by Crippen LogP contribution is 2.28. The second-order valence-electron chi connectivity index (χ2n) is 7.06. The quantitative estimate of drug-likeness (QED) is 0.837. The van der Waals surface area contributed by atoms with Gasteiger partial charge in [0, 0.05) is 12.1 Å². The van der Waals surface area contributed by atoms with E-state index in [0.717, 1.165) is 11.3 Å². The third-order valence-electron chi connectivity index (χ3n) is 4.12. The highest BCUT2D eigenvalue weighted by molar-refractivity contribution is 5.90. The van der Waals surface area contributed by atoms with Gasteiger partial charge in [-0.3, -0.25) is 4.79 Å². The van der Waals surface area contributed by atoms with E-state index in [1.807, 2.05) is 30.3 Å². The number of carbonyl (C=O) groups is 1. The smallest absolute Gasteiger partial charge is 0.224 e. The van der Waals surface area contributed by atoms with E-state index >= 15 is 0 Å². The van der Waals surface area contributed by atoms with Gasteiger partial charge in [-0.15, -0.1) is 0 Å². The van der Waals surface area contributed by atoms with Crippen LogP contribution in [0.4, 0.5) is 5.69 Å². The Labute approximate surface area is 150 Å². The summed E-state index contributed by atoms with van der Waals surface area (Å²) in [5, 5.41) is 2.95. The minimum Gasteiger partial charge on any atom is -0.493 e. The molecule has 0 fully saturated rings. The first-order valence-electron chi connectivity index (χ1n) is 8.45. The second-order valence-corrected chi connectivity index (χ2v) is 7.06. The van der Waals surface area contributed by atoms with Crippen LogP contribution >= 0.6 is 0 Å². The zero-order chi connectivity index (χ0) is 18.4. The lowest BCUT2D eigenvalue weighted by molar-refractivity contribution is -0.116. The molecule has 1 amide bonds. The van der Waals surface area contributed by atoms with Crippen LogP contribution < -0.4 is 14.8 Å². The summed E-state index contributed by atoms with van der Waals surface area (Å²) >= 11 is 0. The third-order valence-corrected chi connectivity index (χ3v) is 4.12. The average molecular weight is 341 g/mol. The number of methoxy groups -OCH3 is 2. The SMILES string of the molecule is COc1ccc(CCC(=O)Nc2ccc(C(C)(C)C)cc2)cc1OC. The average Bonchev–Trinajstić information content (AvgIpc) is 2.59. The van der Waals surface area contributed by atoms with Gasteiger partial charge < -0.3 is 14.8 Å². The van der Waals surface area contributed by atoms with Crippen LogP contribution in [0.1, 0.15) is 38.3 Å². The number of ether oxygens (including phenoxy) is 2. The van der Waals surface area contributed by atoms with Gasteiger partial charge in [0.05, 0.1) is 14.2 Å². The van der Waals surface area contributed by atoms with Crippen molar-refractivity contribution >= 4 is 11.6 Å². The van der Waals surface area contributed by atoms with E-state index in [1.165, 1.54) is 5.56 Å². The van der Waals surface area contributed by atoms with Crippen LogP contribution in [-0.4, -0.2) is 20.1 Å². The monoisotopic (exact) mass is 341 g/mol. The largest absolute Gasteiger partial charge is 0.493 e. The van der Waals surface area contributed by atoms with Gasteiger partial charge in [-0.2, -0.15) is 0 Å². The lowest BCUT2D eigenvalue weighted by atomic mass is 9.87. The standard InChI is InChI=1S/C21H27NO3/c1-21(2,3)16-8-10-17(11-9-16)22-20(23)13-7-15-6-12-18(24-4)19(14-15)25-5/h6,8-12,14H,7,13H2,1-5H3,(H,22,23). The molecule has 0 atom stereocenters. The topological polar surface area (TPSA) is 47.6 Å². The fourth-order valence-corrected chi connectivity index (χ4v) is 2.57. The third kappa shape index (κ3) is 5.24. The Kier molecular flexibility index (Phi) is 6.07. The van der Waals surface area contributed by atoms with Crippen molar-refractivity contribution in [3.63, 3.8) is 0 Å². The van der Waals surface area contributed by atoms with Gasteiger partial charge in [0.25, 0.3) is 0 Å². The van der Waals surface area contributed by atoms with Crippen molar-refractivity contribution < 1.29 is 14.3 Å². The molecule has 2 rings (SSSR count). The zero-order valence-electron chi connectivity index (χ0n) is 15.7. The van der Waals surface area contributed by atoms with Crippen LogP contribution in [0, 0.1) is 0 Å². The van der Waals surface area contributed by atoms with Crippen LogP contribution in [-0.2, 0) is 16.6 Å². The summed E-state index contributed by atoms with van der Waals surface area (Å²) in [7, 11) is 3.21. The Morgan fingerprint density at radius 2 is 1.60 bits per heavy atom. The van der Waals surface area contributed by atoms with Gasteiger partial charge >= 0.3 is 0 Å². The number of hydrogen-bond donors (Lipinski definition) is 1. The van der Waals surface area contributed by atoms with Crippen LogP contribution in [0.15, 0.2) is 42.5 Å². The van der Waals surface area contributed by atoms with E-state index in [4.69, 9.17) is 9.47 Å². The highest BCUT2D eigenvalue weighted by Gasteiger charge is 2.13. The van der Waals surface area contributed by atoms with Crippen molar-refractivity contribution in [1.82, 2.24) is 0 Å². The number of rotatable bonds is 6. The molecule has 134 valence electrons. The molecule has 0 unspecified atom stereocenters. The molecule has 0 bridgehead atoms. The lowest BCUT2D eigenvalue weighted by Crippen LogP contribution is -2.14. The molecule has 0 spiro atoms. The summed E-state index contributed by atoms with van der Waals surface area (Å²) in [6.45, 7) is 6.51. The van der Waals surface area contributed by atoms with Crippen molar-refractivity contribution in [3.8, 4) is 11.5 Å². The maximum Gasteiger partial charge on any atom is 0.224 e. The van der Waals surface area contributed by atoms with E-state index in [-0.39, 0.29) is 11.3 Å². The molecule has 4 nitrogen and oxygen atoms in total. The first-order valence-corrected chi connectivity index (χ1v) is 8.45. The predicted octanol–water partition coefficient (Wildman–Crippen LogP) is 4.57. The maximum absolute atomic E-state index is 12.2. The van der Waals surface area contributed by atoms with E-state index in [1.54, 1.807) is 14.2 Å². The van der Waals surface area contributed by atoms with Gasteiger partial charge in [0.15, 0.2) is 11.5 Å². The van der Waals surface area contributed by atoms with Gasteiger partial charge in [-0.1, -0.05) is 39.0 Å². The Bertz CT molecular complexity index is 715. The normalized spacial score (nSPS) is 11.1. The number of amides is 1. The number of anilines is 1. The van der Waals surface area contributed by atoms with Crippen LogP contribution in [0.5, 0.6) is 11.5 Å². The molecule has 0 radical (unpaired) electrons. The first-order chi connectivity index (χ1) is 11.8. The van der Waals surface area contributed by atoms with Gasteiger partial charge in [-0.25, -0.2) is 0 Å². The van der Waals surface area contributed by atoms with Gasteiger partial charge in [-0.05, 0) is 47.2 Å². The maximum atomic E-state index is 12.2. The summed E-state index contributed by atoms with van der Waals surface area (Å²) in [4.78, 5) is 12.2. The molecule has 0 aliphatic heterocycles. The van der Waals surface area contributed by atoms with E-state index < -0.39 is 0 Å². The van der Waals surface area contributed by atoms with Crippen molar-refractivity contribution in [1.29, 1.82) is 0 Å². The first kappa shape index (κ1) is 18.8. The van der Waals surface area contributed by atoms with Crippen molar-refractivity contribution in [2.24, 2.45) is 0 Å². The van der Waals surface area contributed by atoms with Crippen molar-refractivity contribution in [3.05, 3.63) is 53.6 Å². The molecule has 2 aromatic carbocycles. The second kappa shape index (κ2) is 8.06. The Morgan fingerprint density at radius 3 is 2.16 bits per heavy atom. The van der Waals surface area contributed by atoms with Gasteiger partial charge in [0.1, 0.15) is 0 Å². The number of hydrogen-bond acceptors (Lipinski definition) is 3. The number of carbonyl (C=O) groups excluding carboxylic acids is 1. The van der Waals surface area contributed by atoms with Crippen LogP contribution in [0.25, 0.3) is 0 Å². The summed E-state index contributed by atoms with van der Waals surface area (Å²) < 4.78 is 10.5. The lowest BCUT2D eigenvalue weighted by Gasteiger charge is -2.19. The predicted molar refractivity (Wildman–Crippen MR) is 102 cm³/mol. The summed E-state index contributed by atoms with van der Waals surface area (Å²) in [6.07, 6.45) is 1.06. The van der Waals surface area contributed by atoms with Crippen LogP contribution in [0.3, 0.4) is 0 Å². The molecule has 1 N–H and O–H groups in total. The summed E-state index contributed by atoms with van der Waals surface area (Å²) in [6, 6.07) is 13.7. The molecule has 2 aromatic rings. The summed E-state index contributed by atoms with van der Waals surface area (Å²) in [5.41, 5.74) is 3.22. The molecule has 0 heterocycles. The molecule has 0 aliphatic rings. The minimum atomic E-state index is -0.00158. The molecule has 25 heavy (non-hydrogen) atoms. The molecule has 0 aliphatic carbocycles. The summed E-state index contributed by atoms with van der Waals surface area (Å²) in [5.74, 6) is 1.37. The van der Waals surface area contributed by atoms with E-state index in [9.17, 15) is 4.79 Å². The van der Waals surface area contributed by atoms with Crippen LogP contribution in [0.2, 0.25) is 0 Å². The molecule has 0 saturated heterocycles. The van der Waals surface area contributed by atoms with Crippen molar-refractivity contribution in [2.75, 3.05) is 19.5 Å². The van der Waals surface area contributed by atoms with E-state index in [0.29, 0.717) is 24.3 Å². The number of nitrogens with one attached hydrogen (secondary N) is 1. The Hall–Kier alpha value is -2.49. The van der Waals surface area contributed by atoms with Gasteiger partial charge in [0.2, 0.25) is 5.91 Å². The minimum absolute atomic E-state index is 0.00158. The number of aryl methyl sites for hydroxylation is 1.